The summed E-state index contributed by atoms with van der Waals surface area (Å²) in [5.41, 5.74) is 1.46. The van der Waals surface area contributed by atoms with Gasteiger partial charge in [-0.1, -0.05) is 43.2 Å². The molecule has 142 valence electrons. The molecule has 0 bridgehead atoms. The Morgan fingerprint density at radius 2 is 1.68 bits per heavy atom. The number of aliphatic hydroxyl groups excluding tert-OH is 1. The molecule has 1 aliphatic heterocycles. The molecular weight excluding hydrogens is 346 g/mol. The minimum absolute atomic E-state index is 0.306. The van der Waals surface area contributed by atoms with Crippen molar-refractivity contribution in [1.82, 2.24) is 0 Å². The second-order valence-corrected chi connectivity index (χ2v) is 7.88. The largest absolute Gasteiger partial charge is 0.391 e. The lowest BCUT2D eigenvalue weighted by molar-refractivity contribution is -2.00. The lowest BCUT2D eigenvalue weighted by Gasteiger charge is -2.48. The van der Waals surface area contributed by atoms with Crippen molar-refractivity contribution in [2.75, 3.05) is 13.2 Å². The van der Waals surface area contributed by atoms with E-state index in [2.05, 4.69) is 37.3 Å². The van der Waals surface area contributed by atoms with Crippen LogP contribution in [0.1, 0.15) is 50.6 Å². The first-order valence-corrected chi connectivity index (χ1v) is 10.2. The molecule has 25 heavy (non-hydrogen) atoms. The van der Waals surface area contributed by atoms with Gasteiger partial charge in [0.05, 0.1) is 12.6 Å². The van der Waals surface area contributed by atoms with Gasteiger partial charge in [0.1, 0.15) is 12.6 Å². The van der Waals surface area contributed by atoms with E-state index in [4.69, 9.17) is 18.6 Å². The van der Waals surface area contributed by atoms with Crippen LogP contribution in [0.15, 0.2) is 30.3 Å². The summed E-state index contributed by atoms with van der Waals surface area (Å²) in [6.45, 7) is 3.62. The van der Waals surface area contributed by atoms with E-state index >= 15 is 0 Å². The number of benzene rings is 1. The Bertz CT molecular complexity index is 504. The second kappa shape index (κ2) is 9.28. The fraction of sp³-hybridized carbons (Fsp3) is 0.667. The van der Waals surface area contributed by atoms with Gasteiger partial charge in [-0.05, 0) is 25.7 Å². The molecular formula is C18H28ClNO5. The summed E-state index contributed by atoms with van der Waals surface area (Å²) in [6.07, 6.45) is 6.97. The number of hydrogen-bond donors (Lipinski definition) is 2. The Morgan fingerprint density at radius 1 is 1.08 bits per heavy atom. The maximum atomic E-state index is 9.48. The lowest BCUT2D eigenvalue weighted by Crippen LogP contribution is -3.18. The zero-order chi connectivity index (χ0) is 18.4. The second-order valence-electron chi connectivity index (χ2n) is 7.12. The van der Waals surface area contributed by atoms with E-state index in [1.165, 1.54) is 37.7 Å². The van der Waals surface area contributed by atoms with Gasteiger partial charge in [0.25, 0.3) is 0 Å². The zero-order valence-electron chi connectivity index (χ0n) is 14.6. The van der Waals surface area contributed by atoms with Crippen LogP contribution in [0.2, 0.25) is 0 Å². The normalized spacial score (nSPS) is 32.3. The van der Waals surface area contributed by atoms with Gasteiger partial charge in [0, 0.05) is 17.9 Å². The monoisotopic (exact) mass is 373 g/mol. The first-order chi connectivity index (χ1) is 11.8. The van der Waals surface area contributed by atoms with E-state index in [9.17, 15) is 5.11 Å². The summed E-state index contributed by atoms with van der Waals surface area (Å²) in [4.78, 5) is 1.61. The number of hydrogen-bond acceptors (Lipinski definition) is 5. The molecule has 1 saturated carbocycles. The molecule has 5 atom stereocenters. The zero-order valence-corrected chi connectivity index (χ0v) is 15.4. The number of piperidine rings is 1. The van der Waals surface area contributed by atoms with E-state index in [0.717, 1.165) is 18.4 Å². The maximum Gasteiger partial charge on any atom is 0.114 e. The molecule has 1 aromatic carbocycles. The highest BCUT2D eigenvalue weighted by Gasteiger charge is 2.44. The number of likely N-dealkylation sites (tertiary alicyclic amines) is 1. The third-order valence-electron chi connectivity index (χ3n) is 5.78. The molecule has 6 nitrogen and oxygen atoms in total. The summed E-state index contributed by atoms with van der Waals surface area (Å²) >= 11 is 0. The Hall–Kier alpha value is -0.730. The van der Waals surface area contributed by atoms with Gasteiger partial charge in [-0.3, -0.25) is 0 Å². The van der Waals surface area contributed by atoms with Crippen LogP contribution >= 0.6 is 0 Å². The Balaban J connectivity index is 0.000000399. The molecule has 0 spiro atoms. The van der Waals surface area contributed by atoms with Crippen LogP contribution in [-0.4, -0.2) is 24.3 Å². The van der Waals surface area contributed by atoms with Crippen LogP contribution in [-0.2, 0) is 0 Å². The molecule has 1 aliphatic carbocycles. The highest BCUT2D eigenvalue weighted by molar-refractivity contribution is 5.18. The molecule has 3 rings (SSSR count). The Labute approximate surface area is 151 Å². The molecule has 1 heterocycles. The van der Waals surface area contributed by atoms with E-state index in [1.807, 2.05) is 0 Å². The Morgan fingerprint density at radius 3 is 2.28 bits per heavy atom. The fourth-order valence-corrected chi connectivity index (χ4v) is 4.80. The minimum atomic E-state index is -4.94. The van der Waals surface area contributed by atoms with Crippen LogP contribution in [0.25, 0.3) is 0 Å². The van der Waals surface area contributed by atoms with Crippen LogP contribution < -0.4 is 23.5 Å². The number of fused-ring (bicyclic) bond motifs is 1. The number of quaternary nitrogens is 1. The van der Waals surface area contributed by atoms with E-state index in [-0.39, 0.29) is 0 Å². The third-order valence-corrected chi connectivity index (χ3v) is 5.78. The molecule has 2 N–H and O–H groups in total. The van der Waals surface area contributed by atoms with Gasteiger partial charge >= 0.3 is 0 Å². The molecule has 5 unspecified atom stereocenters. The lowest BCUT2D eigenvalue weighted by atomic mass is 9.68. The number of nitrogens with one attached hydrogen (secondary N) is 1. The van der Waals surface area contributed by atoms with Crippen molar-refractivity contribution < 1.29 is 38.9 Å². The van der Waals surface area contributed by atoms with Gasteiger partial charge in [-0.15, -0.1) is 10.2 Å². The SMILES string of the molecule is CC1C2CCCCC2CC(c2ccccc2)[NH+]1CCO.[O-][Cl+3]([O-])([O-])[O-]. The first kappa shape index (κ1) is 20.6. The fourth-order valence-electron chi connectivity index (χ4n) is 4.80. The van der Waals surface area contributed by atoms with Gasteiger partial charge in [-0.25, -0.2) is 18.6 Å². The summed E-state index contributed by atoms with van der Waals surface area (Å²) < 4.78 is 34.0. The number of aliphatic hydroxyl groups is 1. The van der Waals surface area contributed by atoms with Crippen LogP contribution in [0, 0.1) is 22.1 Å². The predicted molar refractivity (Wildman–Crippen MR) is 81.6 cm³/mol. The van der Waals surface area contributed by atoms with Crippen molar-refractivity contribution in [3.8, 4) is 0 Å². The average molecular weight is 374 g/mol. The molecule has 1 aromatic rings. The van der Waals surface area contributed by atoms with E-state index < -0.39 is 10.2 Å². The summed E-state index contributed by atoms with van der Waals surface area (Å²) in [7, 11) is -4.94. The Kier molecular flexibility index (Phi) is 7.64. The van der Waals surface area contributed by atoms with Crippen molar-refractivity contribution >= 4 is 0 Å². The van der Waals surface area contributed by atoms with E-state index in [0.29, 0.717) is 18.7 Å². The highest BCUT2D eigenvalue weighted by Crippen LogP contribution is 2.39. The quantitative estimate of drug-likeness (QED) is 0.605. The molecule has 2 aliphatic rings. The van der Waals surface area contributed by atoms with Crippen molar-refractivity contribution in [3.63, 3.8) is 0 Å². The first-order valence-electron chi connectivity index (χ1n) is 8.94. The van der Waals surface area contributed by atoms with Crippen molar-refractivity contribution in [3.05, 3.63) is 35.9 Å². The van der Waals surface area contributed by atoms with E-state index in [1.54, 1.807) is 4.90 Å². The topological polar surface area (TPSA) is 117 Å². The molecule has 0 radical (unpaired) electrons. The number of rotatable bonds is 3. The molecule has 1 saturated heterocycles. The summed E-state index contributed by atoms with van der Waals surface area (Å²) in [5, 5.41) is 9.48. The van der Waals surface area contributed by atoms with Crippen molar-refractivity contribution in [2.24, 2.45) is 11.8 Å². The molecule has 2 fully saturated rings. The maximum absolute atomic E-state index is 9.48. The molecule has 0 amide bonds. The van der Waals surface area contributed by atoms with Gasteiger partial charge in [0.15, 0.2) is 0 Å². The summed E-state index contributed by atoms with van der Waals surface area (Å²) in [6, 6.07) is 12.2. The number of halogens is 1. The molecule has 7 heteroatoms. The standard InChI is InChI=1S/C18H27NO.ClHO4/c1-14-17-10-6-5-9-16(17)13-18(19(14)11-12-20)15-7-3-2-4-8-15;2-1(3,4)5/h2-4,7-8,14,16-18,20H,5-6,9-13H2,1H3;(H,2,3,4,5). The van der Waals surface area contributed by atoms with Crippen LogP contribution in [0.4, 0.5) is 0 Å². The molecule has 0 aromatic heterocycles. The smallest absolute Gasteiger partial charge is 0.114 e. The summed E-state index contributed by atoms with van der Waals surface area (Å²) in [5.74, 6) is 1.79. The predicted octanol–water partition coefficient (Wildman–Crippen LogP) is -2.55. The van der Waals surface area contributed by atoms with Crippen molar-refractivity contribution in [2.45, 2.75) is 51.1 Å². The van der Waals surface area contributed by atoms with Gasteiger partial charge in [-0.2, -0.15) is 0 Å². The van der Waals surface area contributed by atoms with Crippen LogP contribution in [0.5, 0.6) is 0 Å². The van der Waals surface area contributed by atoms with Gasteiger partial charge < -0.3 is 10.0 Å². The average Bonchev–Trinajstić information content (AvgIpc) is 2.57. The van der Waals surface area contributed by atoms with Gasteiger partial charge in [0.2, 0.25) is 0 Å². The highest BCUT2D eigenvalue weighted by atomic mass is 35.7. The van der Waals surface area contributed by atoms with Crippen LogP contribution in [0.3, 0.4) is 0 Å². The minimum Gasteiger partial charge on any atom is -0.391 e. The third kappa shape index (κ3) is 6.18. The van der Waals surface area contributed by atoms with Crippen molar-refractivity contribution in [1.29, 1.82) is 0 Å².